The van der Waals surface area contributed by atoms with E-state index in [1.54, 1.807) is 12.1 Å². The fourth-order valence-corrected chi connectivity index (χ4v) is 10.4. The van der Waals surface area contributed by atoms with E-state index in [1.807, 2.05) is 0 Å². The van der Waals surface area contributed by atoms with E-state index in [0.717, 1.165) is 57.2 Å². The maximum absolute atomic E-state index is 13.0. The van der Waals surface area contributed by atoms with Crippen molar-refractivity contribution in [2.75, 3.05) is 19.6 Å². The first kappa shape index (κ1) is 29.6. The average molecular weight is 575 g/mol. The Morgan fingerprint density at radius 1 is 0.902 bits per heavy atom. The topological polar surface area (TPSA) is 43.8 Å². The molecular weight excluding hydrogens is 525 g/mol. The van der Waals surface area contributed by atoms with Crippen LogP contribution in [0.3, 0.4) is 0 Å². The highest BCUT2D eigenvalue weighted by molar-refractivity contribution is 5.87. The van der Waals surface area contributed by atoms with Crippen molar-refractivity contribution in [3.8, 4) is 0 Å². The summed E-state index contributed by atoms with van der Waals surface area (Å²) in [5.74, 6) is 2.97. The molecule has 4 aliphatic carbocycles. The van der Waals surface area contributed by atoms with E-state index in [-0.39, 0.29) is 22.9 Å². The zero-order valence-corrected chi connectivity index (χ0v) is 25.3. The van der Waals surface area contributed by atoms with Crippen molar-refractivity contribution >= 4 is 5.78 Å². The quantitative estimate of drug-likeness (QED) is 0.423. The second kappa shape index (κ2) is 10.3. The molecule has 228 valence electrons. The van der Waals surface area contributed by atoms with E-state index in [0.29, 0.717) is 42.5 Å². The van der Waals surface area contributed by atoms with Gasteiger partial charge < -0.3 is 5.11 Å². The van der Waals surface area contributed by atoms with Crippen LogP contribution in [-0.4, -0.2) is 58.0 Å². The number of piperazine rings is 1. The molecule has 0 spiro atoms. The summed E-state index contributed by atoms with van der Waals surface area (Å²) in [4.78, 5) is 17.6. The third-order valence-electron chi connectivity index (χ3n) is 12.9. The van der Waals surface area contributed by atoms with E-state index in [1.165, 1.54) is 31.4 Å². The second-order valence-electron chi connectivity index (χ2n) is 15.3. The first-order valence-electron chi connectivity index (χ1n) is 16.1. The van der Waals surface area contributed by atoms with Gasteiger partial charge in [0.1, 0.15) is 5.78 Å². The number of Topliss-reactive ketones (excluding diaryl/α,β-unsaturated/α-hetero) is 1. The molecule has 4 nitrogen and oxygen atoms in total. The van der Waals surface area contributed by atoms with Gasteiger partial charge in [-0.25, -0.2) is 0 Å². The molecule has 1 N–H and O–H groups in total. The van der Waals surface area contributed by atoms with Crippen LogP contribution < -0.4 is 0 Å². The van der Waals surface area contributed by atoms with Crippen molar-refractivity contribution in [2.24, 2.45) is 34.5 Å². The SMILES string of the molecule is C[C@@H]1CN(Cc2ccc(C(F)(F)F)cc2)[C@@H](C)CN1C[C@@]1(O)CC[C@@]2(C)[C@@H](CC[C@@H]3[C@@H]2CC[C@]2(C)C(=O)CC[C@@H]32)C1. The maximum Gasteiger partial charge on any atom is 0.416 e. The molecule has 4 saturated carbocycles. The number of fused-ring (bicyclic) bond motifs is 5. The minimum absolute atomic E-state index is 0.0821. The Morgan fingerprint density at radius 2 is 1.59 bits per heavy atom. The van der Waals surface area contributed by atoms with Gasteiger partial charge in [-0.1, -0.05) is 26.0 Å². The summed E-state index contributed by atoms with van der Waals surface area (Å²) in [7, 11) is 0. The zero-order chi connectivity index (χ0) is 29.4. The maximum atomic E-state index is 13.0. The number of alkyl halides is 3. The Hall–Kier alpha value is -1.44. The molecule has 1 saturated heterocycles. The molecule has 0 amide bonds. The number of hydrogen-bond donors (Lipinski definition) is 1. The van der Waals surface area contributed by atoms with Gasteiger partial charge in [0.2, 0.25) is 0 Å². The van der Waals surface area contributed by atoms with Gasteiger partial charge in [0.05, 0.1) is 11.2 Å². The van der Waals surface area contributed by atoms with Crippen LogP contribution in [0, 0.1) is 34.5 Å². The molecule has 5 fully saturated rings. The van der Waals surface area contributed by atoms with Gasteiger partial charge in [-0.05, 0) is 112 Å². The summed E-state index contributed by atoms with van der Waals surface area (Å²) in [5, 5.41) is 12.0. The summed E-state index contributed by atoms with van der Waals surface area (Å²) in [6, 6.07) is 6.08. The summed E-state index contributed by atoms with van der Waals surface area (Å²) < 4.78 is 38.9. The second-order valence-corrected chi connectivity index (χ2v) is 15.3. The molecule has 9 atom stereocenters. The van der Waals surface area contributed by atoms with Crippen LogP contribution in [-0.2, 0) is 17.5 Å². The molecule has 41 heavy (non-hydrogen) atoms. The standard InChI is InChI=1S/C34H49F3N2O2/c1-22-19-39(23(2)18-38(22)20-24-5-7-25(8-6-24)34(35,36)37)21-33(41)16-15-31(3)26(17-33)9-10-27-28-11-12-30(40)32(28,4)14-13-29(27)31/h5-8,22-23,26-29,41H,9-21H2,1-4H3/t22-,23+,26-,27-,28-,29-,31-,32-,33+/m0/s1. The smallest absolute Gasteiger partial charge is 0.389 e. The summed E-state index contributed by atoms with van der Waals surface area (Å²) in [6.45, 7) is 12.2. The number of ketones is 1. The summed E-state index contributed by atoms with van der Waals surface area (Å²) >= 11 is 0. The number of hydrogen-bond acceptors (Lipinski definition) is 4. The van der Waals surface area contributed by atoms with E-state index in [9.17, 15) is 23.1 Å². The molecule has 1 aliphatic heterocycles. The molecule has 5 aliphatic rings. The molecule has 7 heteroatoms. The van der Waals surface area contributed by atoms with Crippen molar-refractivity contribution in [3.05, 3.63) is 35.4 Å². The highest BCUT2D eigenvalue weighted by atomic mass is 19.4. The molecule has 1 aromatic carbocycles. The lowest BCUT2D eigenvalue weighted by molar-refractivity contribution is -0.160. The lowest BCUT2D eigenvalue weighted by Gasteiger charge is -2.61. The van der Waals surface area contributed by atoms with E-state index >= 15 is 0 Å². The minimum atomic E-state index is -4.31. The molecular formula is C34H49F3N2O2. The van der Waals surface area contributed by atoms with Crippen molar-refractivity contribution in [1.29, 1.82) is 0 Å². The van der Waals surface area contributed by atoms with Crippen LogP contribution >= 0.6 is 0 Å². The van der Waals surface area contributed by atoms with Crippen LogP contribution in [0.25, 0.3) is 0 Å². The molecule has 0 radical (unpaired) electrons. The Morgan fingerprint density at radius 3 is 2.29 bits per heavy atom. The van der Waals surface area contributed by atoms with Crippen LogP contribution in [0.15, 0.2) is 24.3 Å². The number of rotatable bonds is 4. The van der Waals surface area contributed by atoms with Gasteiger partial charge in [0, 0.05) is 50.1 Å². The van der Waals surface area contributed by atoms with Gasteiger partial charge >= 0.3 is 6.18 Å². The van der Waals surface area contributed by atoms with Crippen molar-refractivity contribution < 1.29 is 23.1 Å². The summed E-state index contributed by atoms with van der Waals surface area (Å²) in [5.41, 5.74) is -0.194. The van der Waals surface area contributed by atoms with Crippen molar-refractivity contribution in [1.82, 2.24) is 9.80 Å². The predicted molar refractivity (Wildman–Crippen MR) is 154 cm³/mol. The summed E-state index contributed by atoms with van der Waals surface area (Å²) in [6.07, 6.45) is 4.96. The Balaban J connectivity index is 1.07. The van der Waals surface area contributed by atoms with Gasteiger partial charge in [0.25, 0.3) is 0 Å². The monoisotopic (exact) mass is 574 g/mol. The van der Waals surface area contributed by atoms with Crippen molar-refractivity contribution in [2.45, 2.75) is 116 Å². The number of benzene rings is 1. The number of aliphatic hydroxyl groups is 1. The highest BCUT2D eigenvalue weighted by Gasteiger charge is 2.61. The number of carbonyl (C=O) groups excluding carboxylic acids is 1. The van der Waals surface area contributed by atoms with Gasteiger partial charge in [0.15, 0.2) is 0 Å². The molecule has 0 unspecified atom stereocenters. The van der Waals surface area contributed by atoms with Gasteiger partial charge in [-0.2, -0.15) is 13.2 Å². The number of carbonyl (C=O) groups is 1. The van der Waals surface area contributed by atoms with Crippen LogP contribution in [0.4, 0.5) is 13.2 Å². The van der Waals surface area contributed by atoms with Crippen LogP contribution in [0.5, 0.6) is 0 Å². The molecule has 0 bridgehead atoms. The lowest BCUT2D eigenvalue weighted by atomic mass is 9.44. The molecule has 1 aromatic rings. The van der Waals surface area contributed by atoms with Gasteiger partial charge in [-0.3, -0.25) is 14.6 Å². The first-order chi connectivity index (χ1) is 19.2. The van der Waals surface area contributed by atoms with E-state index in [2.05, 4.69) is 37.5 Å². The molecule has 0 aromatic heterocycles. The lowest BCUT2D eigenvalue weighted by Crippen LogP contribution is -2.62. The highest BCUT2D eigenvalue weighted by Crippen LogP contribution is 2.66. The molecule has 1 heterocycles. The van der Waals surface area contributed by atoms with E-state index < -0.39 is 17.3 Å². The largest absolute Gasteiger partial charge is 0.416 e. The zero-order valence-electron chi connectivity index (χ0n) is 25.3. The number of nitrogens with zero attached hydrogens (tertiary/aromatic N) is 2. The van der Waals surface area contributed by atoms with E-state index in [4.69, 9.17) is 0 Å². The number of halogens is 3. The van der Waals surface area contributed by atoms with Crippen molar-refractivity contribution in [3.63, 3.8) is 0 Å². The normalized spacial score (nSPS) is 43.9. The fraction of sp³-hybridized carbons (Fsp3) is 0.794. The average Bonchev–Trinajstić information content (AvgIpc) is 3.21. The van der Waals surface area contributed by atoms with Crippen LogP contribution in [0.2, 0.25) is 0 Å². The minimum Gasteiger partial charge on any atom is -0.389 e. The van der Waals surface area contributed by atoms with Gasteiger partial charge in [-0.15, -0.1) is 0 Å². The Kier molecular flexibility index (Phi) is 7.47. The molecule has 6 rings (SSSR count). The Bertz CT molecular complexity index is 1140. The Labute approximate surface area is 244 Å². The third kappa shape index (κ3) is 5.20. The van der Waals surface area contributed by atoms with Crippen LogP contribution in [0.1, 0.15) is 96.6 Å². The first-order valence-corrected chi connectivity index (χ1v) is 16.1. The fourth-order valence-electron chi connectivity index (χ4n) is 10.4. The third-order valence-corrected chi connectivity index (χ3v) is 12.9. The predicted octanol–water partition coefficient (Wildman–Crippen LogP) is 6.94. The number of β-amino-alcohol motifs (C(OH)–C–C–N with tert-alkyl or cyclic N) is 1.